The lowest BCUT2D eigenvalue weighted by Crippen LogP contribution is -2.16. The number of hydrogen-bond acceptors (Lipinski definition) is 3. The third-order valence-electron chi connectivity index (χ3n) is 3.13. The Morgan fingerprint density at radius 2 is 2.20 bits per heavy atom. The van der Waals surface area contributed by atoms with E-state index in [0.717, 1.165) is 4.47 Å². The highest BCUT2D eigenvalue weighted by Gasteiger charge is 2.21. The average Bonchev–Trinajstić information content (AvgIpc) is 3.22. The molecule has 0 bridgehead atoms. The molecule has 2 aromatic rings. The Kier molecular flexibility index (Phi) is 3.98. The fraction of sp³-hybridized carbons (Fsp3) is 0.267. The summed E-state index contributed by atoms with van der Waals surface area (Å²) < 4.78 is 20.5. The minimum absolute atomic E-state index is 0.251. The molecule has 104 valence electrons. The second-order valence-electron chi connectivity index (χ2n) is 4.81. The van der Waals surface area contributed by atoms with Crippen LogP contribution in [0.25, 0.3) is 0 Å². The first-order valence-electron chi connectivity index (χ1n) is 6.51. The molecular weight excluding hydrogens is 323 g/mol. The van der Waals surface area contributed by atoms with E-state index in [1.807, 2.05) is 0 Å². The molecule has 1 N–H and O–H groups in total. The van der Waals surface area contributed by atoms with Crippen molar-refractivity contribution in [2.75, 3.05) is 0 Å². The smallest absolute Gasteiger partial charge is 0.146 e. The number of ether oxygens (including phenoxy) is 1. The summed E-state index contributed by atoms with van der Waals surface area (Å²) >= 11 is 3.34. The SMILES string of the molecule is Fc1cccc(Oc2cncc(Br)c2)c1CNC1CC1. The zero-order valence-electron chi connectivity index (χ0n) is 10.8. The van der Waals surface area contributed by atoms with Gasteiger partial charge < -0.3 is 10.1 Å². The van der Waals surface area contributed by atoms with E-state index >= 15 is 0 Å². The fourth-order valence-corrected chi connectivity index (χ4v) is 2.26. The van der Waals surface area contributed by atoms with E-state index in [1.54, 1.807) is 30.6 Å². The van der Waals surface area contributed by atoms with E-state index in [1.165, 1.54) is 18.9 Å². The number of hydrogen-bond donors (Lipinski definition) is 1. The average molecular weight is 337 g/mol. The van der Waals surface area contributed by atoms with Crippen LogP contribution in [0.1, 0.15) is 18.4 Å². The predicted octanol–water partition coefficient (Wildman–Crippen LogP) is 4.03. The van der Waals surface area contributed by atoms with Crippen molar-refractivity contribution in [1.29, 1.82) is 0 Å². The predicted molar refractivity (Wildman–Crippen MR) is 78.3 cm³/mol. The van der Waals surface area contributed by atoms with Crippen LogP contribution in [0.15, 0.2) is 41.1 Å². The quantitative estimate of drug-likeness (QED) is 0.895. The number of aromatic nitrogens is 1. The van der Waals surface area contributed by atoms with Crippen molar-refractivity contribution < 1.29 is 9.13 Å². The Morgan fingerprint density at radius 1 is 1.35 bits per heavy atom. The van der Waals surface area contributed by atoms with Gasteiger partial charge in [-0.15, -0.1) is 0 Å². The summed E-state index contributed by atoms with van der Waals surface area (Å²) in [4.78, 5) is 4.04. The maximum Gasteiger partial charge on any atom is 0.146 e. The minimum Gasteiger partial charge on any atom is -0.455 e. The van der Waals surface area contributed by atoms with Crippen LogP contribution >= 0.6 is 15.9 Å². The monoisotopic (exact) mass is 336 g/mol. The molecule has 20 heavy (non-hydrogen) atoms. The minimum atomic E-state index is -0.251. The maximum atomic E-state index is 14.0. The zero-order chi connectivity index (χ0) is 13.9. The molecule has 1 aliphatic carbocycles. The van der Waals surface area contributed by atoms with Gasteiger partial charge in [-0.1, -0.05) is 6.07 Å². The largest absolute Gasteiger partial charge is 0.455 e. The lowest BCUT2D eigenvalue weighted by molar-refractivity contribution is 0.459. The van der Waals surface area contributed by atoms with Gasteiger partial charge in [0.15, 0.2) is 0 Å². The van der Waals surface area contributed by atoms with Gasteiger partial charge in [-0.3, -0.25) is 4.98 Å². The molecule has 1 aliphatic rings. The van der Waals surface area contributed by atoms with Crippen LogP contribution in [-0.2, 0) is 6.54 Å². The summed E-state index contributed by atoms with van der Waals surface area (Å²) in [5.74, 6) is 0.856. The Morgan fingerprint density at radius 3 is 2.95 bits per heavy atom. The van der Waals surface area contributed by atoms with Gasteiger partial charge in [-0.2, -0.15) is 0 Å². The number of rotatable bonds is 5. The van der Waals surface area contributed by atoms with Crippen molar-refractivity contribution >= 4 is 15.9 Å². The van der Waals surface area contributed by atoms with Gasteiger partial charge in [0.2, 0.25) is 0 Å². The van der Waals surface area contributed by atoms with Crippen LogP contribution in [0.5, 0.6) is 11.5 Å². The second-order valence-corrected chi connectivity index (χ2v) is 5.73. The topological polar surface area (TPSA) is 34.1 Å². The summed E-state index contributed by atoms with van der Waals surface area (Å²) in [6.07, 6.45) is 5.61. The van der Waals surface area contributed by atoms with Crippen LogP contribution in [-0.4, -0.2) is 11.0 Å². The summed E-state index contributed by atoms with van der Waals surface area (Å²) in [6.45, 7) is 0.480. The molecule has 1 heterocycles. The molecule has 0 atom stereocenters. The summed E-state index contributed by atoms with van der Waals surface area (Å²) in [5.41, 5.74) is 0.555. The van der Waals surface area contributed by atoms with Crippen molar-refractivity contribution in [3.8, 4) is 11.5 Å². The summed E-state index contributed by atoms with van der Waals surface area (Å²) in [7, 11) is 0. The number of pyridine rings is 1. The summed E-state index contributed by atoms with van der Waals surface area (Å²) in [5, 5.41) is 3.31. The maximum absolute atomic E-state index is 14.0. The fourth-order valence-electron chi connectivity index (χ4n) is 1.92. The molecule has 1 saturated carbocycles. The highest BCUT2D eigenvalue weighted by Crippen LogP contribution is 2.29. The van der Waals surface area contributed by atoms with Crippen molar-refractivity contribution in [2.45, 2.75) is 25.4 Å². The molecule has 1 aromatic carbocycles. The number of nitrogens with zero attached hydrogens (tertiary/aromatic N) is 1. The molecule has 3 nitrogen and oxygen atoms in total. The Balaban J connectivity index is 1.82. The molecule has 1 aromatic heterocycles. The van der Waals surface area contributed by atoms with E-state index < -0.39 is 0 Å². The zero-order valence-corrected chi connectivity index (χ0v) is 12.4. The first-order chi connectivity index (χ1) is 9.72. The summed E-state index contributed by atoms with van der Waals surface area (Å²) in [6, 6.07) is 7.20. The van der Waals surface area contributed by atoms with E-state index in [0.29, 0.717) is 29.6 Å². The van der Waals surface area contributed by atoms with Crippen LogP contribution in [0, 0.1) is 5.82 Å². The highest BCUT2D eigenvalue weighted by atomic mass is 79.9. The standard InChI is InChI=1S/C15H14BrFN2O/c16-10-6-12(8-18-7-10)20-15-3-1-2-14(17)13(15)9-19-11-4-5-11/h1-3,6-8,11,19H,4-5,9H2. The van der Waals surface area contributed by atoms with Crippen molar-refractivity contribution in [1.82, 2.24) is 10.3 Å². The lowest BCUT2D eigenvalue weighted by Gasteiger charge is -2.12. The molecule has 0 spiro atoms. The molecule has 5 heteroatoms. The van der Waals surface area contributed by atoms with Crippen molar-refractivity contribution in [3.05, 3.63) is 52.5 Å². The molecule has 0 amide bonds. The van der Waals surface area contributed by atoms with Crippen LogP contribution in [0.2, 0.25) is 0 Å². The van der Waals surface area contributed by atoms with Gasteiger partial charge in [-0.05, 0) is 47.0 Å². The Hall–Kier alpha value is -1.46. The normalized spacial score (nSPS) is 14.3. The van der Waals surface area contributed by atoms with Crippen LogP contribution in [0.4, 0.5) is 4.39 Å². The van der Waals surface area contributed by atoms with Gasteiger partial charge in [0.25, 0.3) is 0 Å². The molecule has 3 rings (SSSR count). The number of nitrogens with one attached hydrogen (secondary N) is 1. The van der Waals surface area contributed by atoms with E-state index in [2.05, 4.69) is 26.2 Å². The number of benzene rings is 1. The van der Waals surface area contributed by atoms with Gasteiger partial charge in [-0.25, -0.2) is 4.39 Å². The Bertz CT molecular complexity index is 617. The molecule has 1 fully saturated rings. The molecule has 0 radical (unpaired) electrons. The first kappa shape index (κ1) is 13.5. The van der Waals surface area contributed by atoms with Gasteiger partial charge in [0.1, 0.15) is 17.3 Å². The lowest BCUT2D eigenvalue weighted by atomic mass is 10.2. The van der Waals surface area contributed by atoms with E-state index in [-0.39, 0.29) is 5.82 Å². The van der Waals surface area contributed by atoms with Gasteiger partial charge in [0, 0.05) is 28.8 Å². The molecule has 0 aliphatic heterocycles. The van der Waals surface area contributed by atoms with Crippen molar-refractivity contribution in [3.63, 3.8) is 0 Å². The third-order valence-corrected chi connectivity index (χ3v) is 3.56. The van der Waals surface area contributed by atoms with Crippen molar-refractivity contribution in [2.24, 2.45) is 0 Å². The van der Waals surface area contributed by atoms with E-state index in [4.69, 9.17) is 4.74 Å². The third kappa shape index (κ3) is 3.35. The van der Waals surface area contributed by atoms with Crippen LogP contribution < -0.4 is 10.1 Å². The van der Waals surface area contributed by atoms with Gasteiger partial charge >= 0.3 is 0 Å². The Labute approximate surface area is 125 Å². The molecule has 0 saturated heterocycles. The second kappa shape index (κ2) is 5.89. The molecular formula is C15H14BrFN2O. The van der Waals surface area contributed by atoms with Crippen LogP contribution in [0.3, 0.4) is 0 Å². The molecule has 0 unspecified atom stereocenters. The first-order valence-corrected chi connectivity index (χ1v) is 7.31. The van der Waals surface area contributed by atoms with Gasteiger partial charge in [0.05, 0.1) is 6.20 Å². The number of halogens is 2. The highest BCUT2D eigenvalue weighted by molar-refractivity contribution is 9.10. The van der Waals surface area contributed by atoms with E-state index in [9.17, 15) is 4.39 Å².